The standard InChI is InChI=1S/C35H28O5S2/c1-21-3-7-23(8-4-21)30-15-25-11-13-28(17-32(25)41-34(30)37)39-19-27(36)20-40-29-14-12-26-16-31(35(38)42-33(26)18-29)24-9-5-22(2)6-10-24/h3-18,27,36H,19-20H2,1-2H3. The molecule has 0 spiro atoms. The molecule has 2 aromatic heterocycles. The maximum Gasteiger partial charge on any atom is 0.240 e. The van der Waals surface area contributed by atoms with Crippen LogP contribution in [0, 0.1) is 13.8 Å². The van der Waals surface area contributed by atoms with E-state index in [1.807, 2.05) is 111 Å². The third-order valence-electron chi connectivity index (χ3n) is 7.02. The molecule has 0 fully saturated rings. The Morgan fingerprint density at radius 2 is 1.00 bits per heavy atom. The summed E-state index contributed by atoms with van der Waals surface area (Å²) in [7, 11) is 0. The van der Waals surface area contributed by atoms with Crippen LogP contribution in [0.5, 0.6) is 11.5 Å². The molecule has 0 aliphatic heterocycles. The molecule has 7 heteroatoms. The molecule has 0 aliphatic rings. The van der Waals surface area contributed by atoms with Crippen LogP contribution in [-0.4, -0.2) is 24.4 Å². The zero-order chi connectivity index (χ0) is 29.2. The van der Waals surface area contributed by atoms with Crippen molar-refractivity contribution in [1.29, 1.82) is 0 Å². The summed E-state index contributed by atoms with van der Waals surface area (Å²) in [5.74, 6) is 1.14. The zero-order valence-corrected chi connectivity index (χ0v) is 24.8. The van der Waals surface area contributed by atoms with Crippen LogP contribution in [0.4, 0.5) is 0 Å². The highest BCUT2D eigenvalue weighted by molar-refractivity contribution is 7.16. The summed E-state index contributed by atoms with van der Waals surface area (Å²) in [5, 5.41) is 12.4. The molecule has 0 amide bonds. The molecule has 0 radical (unpaired) electrons. The van der Waals surface area contributed by atoms with Crippen LogP contribution in [0.25, 0.3) is 42.4 Å². The summed E-state index contributed by atoms with van der Waals surface area (Å²) >= 11 is 2.36. The molecule has 0 bridgehead atoms. The van der Waals surface area contributed by atoms with Gasteiger partial charge in [0.2, 0.25) is 9.48 Å². The third-order valence-corrected chi connectivity index (χ3v) is 8.98. The molecule has 6 aromatic rings. The van der Waals surface area contributed by atoms with Crippen molar-refractivity contribution >= 4 is 42.8 Å². The van der Waals surface area contributed by atoms with Crippen molar-refractivity contribution in [2.45, 2.75) is 20.0 Å². The number of aliphatic hydroxyl groups is 1. The molecule has 2 heterocycles. The van der Waals surface area contributed by atoms with Crippen molar-refractivity contribution in [2.24, 2.45) is 0 Å². The lowest BCUT2D eigenvalue weighted by atomic mass is 10.1. The molecule has 0 aliphatic carbocycles. The van der Waals surface area contributed by atoms with Crippen molar-refractivity contribution in [3.63, 3.8) is 0 Å². The van der Waals surface area contributed by atoms with Crippen LogP contribution in [-0.2, 0) is 0 Å². The summed E-state index contributed by atoms with van der Waals surface area (Å²) in [6.07, 6.45) is -0.873. The second kappa shape index (κ2) is 11.9. The lowest BCUT2D eigenvalue weighted by molar-refractivity contribution is 0.0627. The van der Waals surface area contributed by atoms with Gasteiger partial charge in [-0.25, -0.2) is 0 Å². The maximum absolute atomic E-state index is 12.8. The van der Waals surface area contributed by atoms with E-state index in [4.69, 9.17) is 9.47 Å². The van der Waals surface area contributed by atoms with Crippen molar-refractivity contribution in [2.75, 3.05) is 13.2 Å². The molecule has 42 heavy (non-hydrogen) atoms. The molecule has 210 valence electrons. The third kappa shape index (κ3) is 6.14. The topological polar surface area (TPSA) is 72.8 Å². The number of hydrogen-bond acceptors (Lipinski definition) is 7. The Bertz CT molecular complexity index is 1860. The number of ether oxygens (including phenoxy) is 2. The monoisotopic (exact) mass is 592 g/mol. The van der Waals surface area contributed by atoms with Gasteiger partial charge in [0.05, 0.1) is 0 Å². The van der Waals surface area contributed by atoms with Crippen molar-refractivity contribution < 1.29 is 14.6 Å². The Hall–Kier alpha value is -4.30. The summed E-state index contributed by atoms with van der Waals surface area (Å²) in [5.41, 5.74) is 5.46. The average molecular weight is 593 g/mol. The first-order chi connectivity index (χ1) is 20.3. The molecular weight excluding hydrogens is 565 g/mol. The van der Waals surface area contributed by atoms with Gasteiger partial charge in [0, 0.05) is 20.5 Å². The lowest BCUT2D eigenvalue weighted by Gasteiger charge is -2.14. The quantitative estimate of drug-likeness (QED) is 0.197. The zero-order valence-electron chi connectivity index (χ0n) is 23.1. The second-order valence-corrected chi connectivity index (χ2v) is 12.3. The molecule has 0 atom stereocenters. The Morgan fingerprint density at radius 3 is 1.40 bits per heavy atom. The van der Waals surface area contributed by atoms with Crippen molar-refractivity contribution in [3.05, 3.63) is 127 Å². The van der Waals surface area contributed by atoms with Gasteiger partial charge in [0.25, 0.3) is 0 Å². The minimum Gasteiger partial charge on any atom is -0.491 e. The Morgan fingerprint density at radius 1 is 0.595 bits per heavy atom. The first-order valence-electron chi connectivity index (χ1n) is 13.6. The fraction of sp³-hybridized carbons (Fsp3) is 0.143. The predicted octanol–water partition coefficient (Wildman–Crippen LogP) is 7.61. The van der Waals surface area contributed by atoms with Crippen molar-refractivity contribution in [3.8, 4) is 33.8 Å². The highest BCUT2D eigenvalue weighted by Crippen LogP contribution is 2.29. The molecule has 0 saturated carbocycles. The SMILES string of the molecule is Cc1ccc(-c2cc3ccc(OCC(O)COc4ccc5cc(-c6ccc(C)cc6)c(=O)sc5c4)cc3sc2=O)cc1. The maximum atomic E-state index is 12.8. The lowest BCUT2D eigenvalue weighted by Crippen LogP contribution is -2.25. The van der Waals surface area contributed by atoms with E-state index in [1.54, 1.807) is 0 Å². The van der Waals surface area contributed by atoms with E-state index >= 15 is 0 Å². The summed E-state index contributed by atoms with van der Waals surface area (Å²) in [6, 6.07) is 30.9. The van der Waals surface area contributed by atoms with Gasteiger partial charge in [-0.1, -0.05) is 82.3 Å². The van der Waals surface area contributed by atoms with E-state index in [1.165, 1.54) is 22.7 Å². The summed E-state index contributed by atoms with van der Waals surface area (Å²) in [6.45, 7) is 4.10. The van der Waals surface area contributed by atoms with Gasteiger partial charge in [-0.05, 0) is 84.3 Å². The van der Waals surface area contributed by atoms with Crippen LogP contribution in [0.3, 0.4) is 0 Å². The summed E-state index contributed by atoms with van der Waals surface area (Å²) in [4.78, 5) is 25.6. The normalized spacial score (nSPS) is 11.3. The second-order valence-electron chi connectivity index (χ2n) is 10.3. The van der Waals surface area contributed by atoms with E-state index < -0.39 is 6.10 Å². The van der Waals surface area contributed by atoms with Gasteiger partial charge in [0.1, 0.15) is 30.8 Å². The van der Waals surface area contributed by atoms with Crippen LogP contribution < -0.4 is 19.0 Å². The molecule has 1 N–H and O–H groups in total. The van der Waals surface area contributed by atoms with Gasteiger partial charge in [-0.3, -0.25) is 9.59 Å². The number of aryl methyl sites for hydroxylation is 2. The Labute approximate surface area is 250 Å². The Balaban J connectivity index is 1.09. The Kier molecular flexibility index (Phi) is 7.89. The number of fused-ring (bicyclic) bond motifs is 2. The number of benzene rings is 4. The number of aliphatic hydroxyl groups excluding tert-OH is 1. The smallest absolute Gasteiger partial charge is 0.240 e. The highest BCUT2D eigenvalue weighted by atomic mass is 32.1. The average Bonchev–Trinajstić information content (AvgIpc) is 2.99. The van der Waals surface area contributed by atoms with Crippen LogP contribution in [0.15, 0.2) is 107 Å². The number of hydrogen-bond donors (Lipinski definition) is 1. The minimum atomic E-state index is -0.873. The fourth-order valence-electron chi connectivity index (χ4n) is 4.66. The largest absolute Gasteiger partial charge is 0.491 e. The van der Waals surface area contributed by atoms with Gasteiger partial charge in [-0.2, -0.15) is 0 Å². The van der Waals surface area contributed by atoms with Crippen LogP contribution >= 0.6 is 22.7 Å². The van der Waals surface area contributed by atoms with E-state index in [0.717, 1.165) is 42.4 Å². The predicted molar refractivity (Wildman–Crippen MR) is 174 cm³/mol. The van der Waals surface area contributed by atoms with Gasteiger partial charge < -0.3 is 14.6 Å². The molecule has 4 aromatic carbocycles. The van der Waals surface area contributed by atoms with Crippen LogP contribution in [0.1, 0.15) is 11.1 Å². The first kappa shape index (κ1) is 27.8. The molecule has 5 nitrogen and oxygen atoms in total. The van der Waals surface area contributed by atoms with E-state index in [0.29, 0.717) is 22.6 Å². The van der Waals surface area contributed by atoms with Gasteiger partial charge >= 0.3 is 0 Å². The molecular formula is C35H28O5S2. The van der Waals surface area contributed by atoms with E-state index in [-0.39, 0.29) is 22.7 Å². The minimum absolute atomic E-state index is 0.0104. The number of rotatable bonds is 8. The summed E-state index contributed by atoms with van der Waals surface area (Å²) < 4.78 is 13.2. The van der Waals surface area contributed by atoms with E-state index in [2.05, 4.69) is 0 Å². The fourth-order valence-corrected chi connectivity index (χ4v) is 6.48. The van der Waals surface area contributed by atoms with Gasteiger partial charge in [-0.15, -0.1) is 0 Å². The molecule has 0 saturated heterocycles. The highest BCUT2D eigenvalue weighted by Gasteiger charge is 2.12. The van der Waals surface area contributed by atoms with Crippen LogP contribution in [0.2, 0.25) is 0 Å². The molecule has 0 unspecified atom stereocenters. The van der Waals surface area contributed by atoms with Crippen molar-refractivity contribution in [1.82, 2.24) is 0 Å². The molecule has 6 rings (SSSR count). The van der Waals surface area contributed by atoms with E-state index in [9.17, 15) is 14.7 Å². The van der Waals surface area contributed by atoms with Gasteiger partial charge in [0.15, 0.2) is 0 Å². The first-order valence-corrected chi connectivity index (χ1v) is 15.2.